The van der Waals surface area contributed by atoms with E-state index >= 15 is 0 Å². The minimum atomic E-state index is -0.322. The van der Waals surface area contributed by atoms with Gasteiger partial charge >= 0.3 is 11.2 Å². The summed E-state index contributed by atoms with van der Waals surface area (Å²) in [4.78, 5) is 25.6. The molecule has 0 atom stereocenters. The minimum absolute atomic E-state index is 0.146. The van der Waals surface area contributed by atoms with Crippen LogP contribution in [-0.2, 0) is 6.54 Å². The van der Waals surface area contributed by atoms with Gasteiger partial charge in [0, 0.05) is 24.0 Å². The molecule has 0 N–H and O–H groups in total. The number of nitrogens with zero attached hydrogens (tertiary/aromatic N) is 4. The van der Waals surface area contributed by atoms with E-state index in [1.54, 1.807) is 24.5 Å². The van der Waals surface area contributed by atoms with Gasteiger partial charge in [0.15, 0.2) is 0 Å². The molecule has 1 aliphatic rings. The van der Waals surface area contributed by atoms with Gasteiger partial charge in [0.1, 0.15) is 0 Å². The van der Waals surface area contributed by atoms with Crippen molar-refractivity contribution in [1.82, 2.24) is 18.7 Å². The van der Waals surface area contributed by atoms with E-state index in [1.165, 1.54) is 32.9 Å². The first kappa shape index (κ1) is 17.1. The van der Waals surface area contributed by atoms with E-state index in [0.29, 0.717) is 23.2 Å². The van der Waals surface area contributed by atoms with Crippen LogP contribution in [-0.4, -0.2) is 18.7 Å². The van der Waals surface area contributed by atoms with Crippen LogP contribution in [0.15, 0.2) is 40.2 Å². The molecular weight excluding hydrogens is 352 g/mol. The highest BCUT2D eigenvalue weighted by atomic mass is 35.5. The molecule has 0 radical (unpaired) electrons. The summed E-state index contributed by atoms with van der Waals surface area (Å²) in [7, 11) is 0. The minimum Gasteiger partial charge on any atom is -0.279 e. The summed E-state index contributed by atoms with van der Waals surface area (Å²) in [6.45, 7) is 2.44. The van der Waals surface area contributed by atoms with Crippen molar-refractivity contribution in [3.05, 3.63) is 62.0 Å². The van der Waals surface area contributed by atoms with Gasteiger partial charge in [-0.05, 0) is 43.4 Å². The lowest BCUT2D eigenvalue weighted by molar-refractivity contribution is 0.304. The zero-order valence-corrected chi connectivity index (χ0v) is 15.4. The van der Waals surface area contributed by atoms with Gasteiger partial charge in [0.05, 0.1) is 5.69 Å². The molecule has 7 heteroatoms. The van der Waals surface area contributed by atoms with Gasteiger partial charge in [-0.15, -0.1) is 5.10 Å². The Bertz CT molecular complexity index is 1070. The number of aromatic nitrogens is 4. The van der Waals surface area contributed by atoms with Gasteiger partial charge < -0.3 is 0 Å². The van der Waals surface area contributed by atoms with Crippen LogP contribution in [0.2, 0.25) is 5.02 Å². The summed E-state index contributed by atoms with van der Waals surface area (Å²) in [6, 6.07) is 5.42. The maximum atomic E-state index is 12.9. The van der Waals surface area contributed by atoms with Crippen LogP contribution in [0.1, 0.15) is 37.7 Å². The predicted molar refractivity (Wildman–Crippen MR) is 101 cm³/mol. The molecule has 0 saturated heterocycles. The maximum absolute atomic E-state index is 12.9. The Labute approximate surface area is 155 Å². The Morgan fingerprint density at radius 1 is 1.15 bits per heavy atom. The van der Waals surface area contributed by atoms with Crippen LogP contribution in [0.5, 0.6) is 0 Å². The second kappa shape index (κ2) is 6.76. The van der Waals surface area contributed by atoms with Crippen LogP contribution in [0.4, 0.5) is 0 Å². The van der Waals surface area contributed by atoms with Crippen molar-refractivity contribution in [2.45, 2.75) is 45.6 Å². The summed E-state index contributed by atoms with van der Waals surface area (Å²) in [5, 5.41) is 4.94. The van der Waals surface area contributed by atoms with E-state index in [4.69, 9.17) is 11.6 Å². The summed E-state index contributed by atoms with van der Waals surface area (Å²) in [5.41, 5.74) is 1.08. The zero-order chi connectivity index (χ0) is 18.3. The molecule has 26 heavy (non-hydrogen) atoms. The van der Waals surface area contributed by atoms with Crippen LogP contribution in [0.25, 0.3) is 11.3 Å². The predicted octanol–water partition coefficient (Wildman–Crippen LogP) is 3.19. The first-order chi connectivity index (χ1) is 12.6. The molecule has 6 nitrogen and oxygen atoms in total. The average molecular weight is 373 g/mol. The standard InChI is InChI=1S/C19H21ClN4O2/c1-13-15(20)8-5-9-16(13)22-10-11-23-17(18(22)25)21-24(19(23)26)12-14-6-3-2-4-7-14/h5,8-11,14H,2-4,6-7,12H2,1H3. The first-order valence-electron chi connectivity index (χ1n) is 9.02. The van der Waals surface area contributed by atoms with E-state index in [2.05, 4.69) is 5.10 Å². The number of halogens is 1. The molecule has 3 aromatic rings. The molecule has 136 valence electrons. The molecule has 0 unspecified atom stereocenters. The van der Waals surface area contributed by atoms with E-state index < -0.39 is 0 Å². The van der Waals surface area contributed by atoms with Gasteiger partial charge in [-0.3, -0.25) is 9.36 Å². The first-order valence-corrected chi connectivity index (χ1v) is 9.40. The molecule has 1 aromatic carbocycles. The number of hydrogen-bond acceptors (Lipinski definition) is 3. The average Bonchev–Trinajstić information content (AvgIpc) is 2.96. The topological polar surface area (TPSA) is 61.3 Å². The fourth-order valence-electron chi connectivity index (χ4n) is 3.79. The smallest absolute Gasteiger partial charge is 0.279 e. The van der Waals surface area contributed by atoms with Gasteiger partial charge in [0.2, 0.25) is 5.65 Å². The third-order valence-electron chi connectivity index (χ3n) is 5.30. The maximum Gasteiger partial charge on any atom is 0.350 e. The van der Waals surface area contributed by atoms with Crippen molar-refractivity contribution < 1.29 is 0 Å². The third-order valence-corrected chi connectivity index (χ3v) is 5.71. The summed E-state index contributed by atoms with van der Waals surface area (Å²) in [6.07, 6.45) is 9.10. The number of hydrogen-bond donors (Lipinski definition) is 0. The summed E-state index contributed by atoms with van der Waals surface area (Å²) in [5.74, 6) is 0.462. The molecule has 1 aliphatic carbocycles. The number of rotatable bonds is 3. The van der Waals surface area contributed by atoms with Gasteiger partial charge in [-0.1, -0.05) is 36.9 Å². The van der Waals surface area contributed by atoms with Gasteiger partial charge in [-0.25, -0.2) is 13.9 Å². The quantitative estimate of drug-likeness (QED) is 0.709. The van der Waals surface area contributed by atoms with Crippen LogP contribution >= 0.6 is 11.6 Å². The van der Waals surface area contributed by atoms with Crippen LogP contribution in [0.3, 0.4) is 0 Å². The molecule has 0 amide bonds. The highest BCUT2D eigenvalue weighted by molar-refractivity contribution is 6.31. The van der Waals surface area contributed by atoms with Crippen molar-refractivity contribution in [2.75, 3.05) is 0 Å². The molecule has 2 heterocycles. The Kier molecular flexibility index (Phi) is 4.44. The van der Waals surface area contributed by atoms with Crippen molar-refractivity contribution in [3.63, 3.8) is 0 Å². The van der Waals surface area contributed by atoms with Crippen molar-refractivity contribution in [3.8, 4) is 5.69 Å². The van der Waals surface area contributed by atoms with E-state index in [0.717, 1.165) is 18.4 Å². The molecule has 0 spiro atoms. The van der Waals surface area contributed by atoms with E-state index in [1.807, 2.05) is 13.0 Å². The van der Waals surface area contributed by atoms with Gasteiger partial charge in [-0.2, -0.15) is 0 Å². The van der Waals surface area contributed by atoms with Crippen molar-refractivity contribution in [2.24, 2.45) is 5.92 Å². The number of benzene rings is 1. The zero-order valence-electron chi connectivity index (χ0n) is 14.7. The Morgan fingerprint density at radius 2 is 1.92 bits per heavy atom. The van der Waals surface area contributed by atoms with Crippen LogP contribution in [0, 0.1) is 12.8 Å². The normalized spacial score (nSPS) is 15.6. The molecule has 0 aliphatic heterocycles. The Morgan fingerprint density at radius 3 is 2.69 bits per heavy atom. The van der Waals surface area contributed by atoms with Crippen molar-refractivity contribution >= 4 is 17.2 Å². The summed E-state index contributed by atoms with van der Waals surface area (Å²) < 4.78 is 4.28. The second-order valence-electron chi connectivity index (χ2n) is 7.02. The van der Waals surface area contributed by atoms with E-state index in [9.17, 15) is 9.59 Å². The van der Waals surface area contributed by atoms with Crippen LogP contribution < -0.4 is 11.2 Å². The van der Waals surface area contributed by atoms with E-state index in [-0.39, 0.29) is 16.9 Å². The molecule has 2 aromatic heterocycles. The largest absolute Gasteiger partial charge is 0.350 e. The fourth-order valence-corrected chi connectivity index (χ4v) is 3.96. The molecule has 0 bridgehead atoms. The highest BCUT2D eigenvalue weighted by Crippen LogP contribution is 2.24. The fraction of sp³-hybridized carbons (Fsp3) is 0.421. The SMILES string of the molecule is Cc1c(Cl)cccc1-n1ccn2c(=O)n(CC3CCCCC3)nc2c1=O. The third kappa shape index (κ3) is 2.88. The molecule has 1 fully saturated rings. The Hall–Kier alpha value is -2.34. The lowest BCUT2D eigenvalue weighted by Crippen LogP contribution is -2.26. The second-order valence-corrected chi connectivity index (χ2v) is 7.43. The molecular formula is C19H21ClN4O2. The summed E-state index contributed by atoms with van der Waals surface area (Å²) >= 11 is 6.18. The molecule has 4 rings (SSSR count). The Balaban J connectivity index is 1.79. The highest BCUT2D eigenvalue weighted by Gasteiger charge is 2.19. The monoisotopic (exact) mass is 372 g/mol. The number of fused-ring (bicyclic) bond motifs is 1. The van der Waals surface area contributed by atoms with Crippen molar-refractivity contribution in [1.29, 1.82) is 0 Å². The lowest BCUT2D eigenvalue weighted by atomic mass is 9.89. The lowest BCUT2D eigenvalue weighted by Gasteiger charge is -2.20. The molecule has 1 saturated carbocycles. The van der Waals surface area contributed by atoms with Gasteiger partial charge in [0.25, 0.3) is 0 Å².